The molecule has 0 rings (SSSR count). The van der Waals surface area contributed by atoms with E-state index in [1.807, 2.05) is 21.1 Å². The van der Waals surface area contributed by atoms with Crippen LogP contribution in [0.1, 0.15) is 162 Å². The van der Waals surface area contributed by atoms with E-state index in [2.05, 4.69) is 111 Å². The Bertz CT molecular complexity index is 1300. The van der Waals surface area contributed by atoms with Crippen molar-refractivity contribution in [3.63, 3.8) is 0 Å². The first kappa shape index (κ1) is 56.2. The normalized spacial score (nSPS) is 13.8. The highest BCUT2D eigenvalue weighted by atomic mass is 16.6. The average Bonchev–Trinajstić information content (AvgIpc) is 3.21. The summed E-state index contributed by atoms with van der Waals surface area (Å²) < 4.78 is 17.2. The monoisotopic (exact) mass is 837 g/mol. The van der Waals surface area contributed by atoms with Gasteiger partial charge >= 0.3 is 17.9 Å². The van der Waals surface area contributed by atoms with Gasteiger partial charge in [0.25, 0.3) is 0 Å². The lowest BCUT2D eigenvalue weighted by atomic mass is 10.1. The molecule has 2 unspecified atom stereocenters. The van der Waals surface area contributed by atoms with E-state index in [1.165, 1.54) is 38.5 Å². The standard InChI is InChI=1S/C52H85NO7/c1-6-8-10-12-14-16-18-20-22-24-25-27-28-30-32-34-36-38-40-42-50(54)59-47-48(46-58-45-44-49(52(56)57)53(3,4)5)60-51(55)43-41-39-37-35-33-31-29-26-23-21-19-17-15-13-11-9-7-2/h8,10,14-17,20-23,25,27,29,31,35,37,48-49H,6-7,9,11-13,18-19,24,26,28,30,32-34,36,38-47H2,1-5H3/p+1/b10-8+,16-14+,17-15+,22-20+,23-21+,27-25+,31-29+,37-35+. The maximum absolute atomic E-state index is 12.7. The Hall–Kier alpha value is -3.75. The molecule has 0 amide bonds. The number of quaternary nitrogens is 1. The van der Waals surface area contributed by atoms with Gasteiger partial charge in [-0.25, -0.2) is 4.79 Å². The fourth-order valence-electron chi connectivity index (χ4n) is 6.13. The van der Waals surface area contributed by atoms with Crippen LogP contribution in [0.2, 0.25) is 0 Å². The number of carboxylic acids is 1. The summed E-state index contributed by atoms with van der Waals surface area (Å²) in [7, 11) is 5.49. The van der Waals surface area contributed by atoms with Crippen LogP contribution >= 0.6 is 0 Å². The summed E-state index contributed by atoms with van der Waals surface area (Å²) in [5.41, 5.74) is 0. The van der Waals surface area contributed by atoms with Crippen LogP contribution in [-0.4, -0.2) is 80.6 Å². The Morgan fingerprint density at radius 3 is 1.43 bits per heavy atom. The second-order valence-electron chi connectivity index (χ2n) is 16.3. The molecular formula is C52H86NO7+. The number of rotatable bonds is 40. The van der Waals surface area contributed by atoms with Crippen LogP contribution in [0.15, 0.2) is 97.2 Å². The Morgan fingerprint density at radius 1 is 0.517 bits per heavy atom. The molecule has 0 aliphatic heterocycles. The molecule has 1 N–H and O–H groups in total. The van der Waals surface area contributed by atoms with E-state index in [4.69, 9.17) is 14.2 Å². The highest BCUT2D eigenvalue weighted by Crippen LogP contribution is 2.12. The Balaban J connectivity index is 4.45. The number of hydrogen-bond donors (Lipinski definition) is 1. The molecule has 8 heteroatoms. The lowest BCUT2D eigenvalue weighted by molar-refractivity contribution is -0.887. The summed E-state index contributed by atoms with van der Waals surface area (Å²) in [6.07, 6.45) is 56.0. The molecule has 2 atom stereocenters. The molecule has 60 heavy (non-hydrogen) atoms. The van der Waals surface area contributed by atoms with Crippen LogP contribution in [-0.2, 0) is 28.6 Å². The minimum absolute atomic E-state index is 0.0284. The van der Waals surface area contributed by atoms with Crippen LogP contribution < -0.4 is 0 Å². The van der Waals surface area contributed by atoms with E-state index in [-0.39, 0.29) is 42.7 Å². The second-order valence-corrected chi connectivity index (χ2v) is 16.3. The average molecular weight is 837 g/mol. The zero-order valence-electron chi connectivity index (χ0n) is 38.6. The predicted molar refractivity (Wildman–Crippen MR) is 252 cm³/mol. The number of hydrogen-bond acceptors (Lipinski definition) is 6. The summed E-state index contributed by atoms with van der Waals surface area (Å²) in [5, 5.41) is 9.63. The van der Waals surface area contributed by atoms with Crippen LogP contribution in [0.3, 0.4) is 0 Å². The number of esters is 2. The molecule has 0 heterocycles. The van der Waals surface area contributed by atoms with Gasteiger partial charge in [-0.3, -0.25) is 9.59 Å². The molecule has 0 aromatic heterocycles. The molecule has 0 aromatic carbocycles. The van der Waals surface area contributed by atoms with E-state index in [9.17, 15) is 19.5 Å². The summed E-state index contributed by atoms with van der Waals surface area (Å²) in [5.74, 6) is -1.57. The molecule has 0 spiro atoms. The predicted octanol–water partition coefficient (Wildman–Crippen LogP) is 13.1. The van der Waals surface area contributed by atoms with E-state index >= 15 is 0 Å². The third kappa shape index (κ3) is 39.7. The van der Waals surface area contributed by atoms with E-state index in [0.29, 0.717) is 19.3 Å². The molecule has 340 valence electrons. The first-order valence-corrected chi connectivity index (χ1v) is 23.3. The van der Waals surface area contributed by atoms with Gasteiger partial charge < -0.3 is 23.8 Å². The van der Waals surface area contributed by atoms with Gasteiger partial charge in [-0.15, -0.1) is 0 Å². The highest BCUT2D eigenvalue weighted by molar-refractivity contribution is 5.72. The second kappa shape index (κ2) is 42.0. The molecule has 0 saturated carbocycles. The molecule has 0 saturated heterocycles. The largest absolute Gasteiger partial charge is 0.477 e. The van der Waals surface area contributed by atoms with Crippen LogP contribution in [0.25, 0.3) is 0 Å². The van der Waals surface area contributed by atoms with Crippen molar-refractivity contribution in [3.8, 4) is 0 Å². The molecule has 0 bridgehead atoms. The first-order chi connectivity index (χ1) is 29.1. The molecule has 0 radical (unpaired) electrons. The quantitative estimate of drug-likeness (QED) is 0.0284. The maximum Gasteiger partial charge on any atom is 0.362 e. The van der Waals surface area contributed by atoms with E-state index in [0.717, 1.165) is 83.5 Å². The number of aliphatic carboxylic acids is 1. The van der Waals surface area contributed by atoms with Crippen molar-refractivity contribution in [1.82, 2.24) is 0 Å². The smallest absolute Gasteiger partial charge is 0.362 e. The minimum Gasteiger partial charge on any atom is -0.477 e. The lowest BCUT2D eigenvalue weighted by Crippen LogP contribution is -2.50. The van der Waals surface area contributed by atoms with Crippen LogP contribution in [0.5, 0.6) is 0 Å². The summed E-state index contributed by atoms with van der Waals surface area (Å²) in [4.78, 5) is 37.0. The number of nitrogens with zero attached hydrogens (tertiary/aromatic N) is 1. The van der Waals surface area contributed by atoms with Crippen molar-refractivity contribution in [3.05, 3.63) is 97.2 Å². The zero-order chi connectivity index (χ0) is 44.2. The minimum atomic E-state index is -0.890. The van der Waals surface area contributed by atoms with E-state index < -0.39 is 18.1 Å². The van der Waals surface area contributed by atoms with Gasteiger partial charge in [0.15, 0.2) is 12.1 Å². The Morgan fingerprint density at radius 2 is 0.950 bits per heavy atom. The van der Waals surface area contributed by atoms with Gasteiger partial charge in [0.1, 0.15) is 6.61 Å². The molecule has 0 aliphatic carbocycles. The highest BCUT2D eigenvalue weighted by Gasteiger charge is 2.31. The Kier molecular flexibility index (Phi) is 39.3. The van der Waals surface area contributed by atoms with Crippen LogP contribution in [0, 0.1) is 0 Å². The number of carbonyl (C=O) groups excluding carboxylic acids is 2. The number of likely N-dealkylation sites (N-methyl/N-ethyl adjacent to an activating group) is 1. The van der Waals surface area contributed by atoms with Gasteiger partial charge in [-0.2, -0.15) is 0 Å². The molecular weight excluding hydrogens is 751 g/mol. The number of carboxylic acid groups (broad SMARTS) is 1. The number of carbonyl (C=O) groups is 3. The molecule has 0 fully saturated rings. The van der Waals surface area contributed by atoms with Gasteiger partial charge in [-0.05, 0) is 89.9 Å². The third-order valence-electron chi connectivity index (χ3n) is 9.72. The van der Waals surface area contributed by atoms with Crippen LogP contribution in [0.4, 0.5) is 0 Å². The van der Waals surface area contributed by atoms with E-state index in [1.54, 1.807) is 0 Å². The number of allylic oxidation sites excluding steroid dienone is 16. The van der Waals surface area contributed by atoms with Crippen molar-refractivity contribution in [2.75, 3.05) is 41.0 Å². The third-order valence-corrected chi connectivity index (χ3v) is 9.72. The summed E-state index contributed by atoms with van der Waals surface area (Å²) in [6.45, 7) is 4.50. The lowest BCUT2D eigenvalue weighted by Gasteiger charge is -2.31. The van der Waals surface area contributed by atoms with Crippen molar-refractivity contribution >= 4 is 17.9 Å². The number of ether oxygens (including phenoxy) is 3. The summed E-state index contributed by atoms with van der Waals surface area (Å²) >= 11 is 0. The van der Waals surface area contributed by atoms with Crippen molar-refractivity contribution in [2.45, 2.75) is 174 Å². The van der Waals surface area contributed by atoms with Gasteiger partial charge in [-0.1, -0.05) is 150 Å². The zero-order valence-corrected chi connectivity index (χ0v) is 38.6. The van der Waals surface area contributed by atoms with Gasteiger partial charge in [0.05, 0.1) is 34.4 Å². The fourth-order valence-corrected chi connectivity index (χ4v) is 6.13. The first-order valence-electron chi connectivity index (χ1n) is 23.3. The molecule has 0 aromatic rings. The summed E-state index contributed by atoms with van der Waals surface area (Å²) in [6, 6.07) is -0.632. The van der Waals surface area contributed by atoms with Crippen molar-refractivity contribution in [1.29, 1.82) is 0 Å². The van der Waals surface area contributed by atoms with Crippen molar-refractivity contribution in [2.24, 2.45) is 0 Å². The molecule has 8 nitrogen and oxygen atoms in total. The molecule has 0 aliphatic rings. The van der Waals surface area contributed by atoms with Gasteiger partial charge in [0.2, 0.25) is 0 Å². The maximum atomic E-state index is 12.7. The SMILES string of the molecule is CC/C=C/C/C=C/C/C=C/C/C=C/CCCCCCCCC(=O)OCC(COCCC(C(=O)O)[N+](C)(C)C)OC(=O)CCC/C=C/C/C=C/C/C=C/C/C=C/CCCCC. The topological polar surface area (TPSA) is 99.1 Å². The van der Waals surface area contributed by atoms with Crippen molar-refractivity contribution < 1.29 is 38.2 Å². The van der Waals surface area contributed by atoms with Gasteiger partial charge in [0, 0.05) is 19.3 Å². The Labute approximate surface area is 366 Å². The fraction of sp³-hybridized carbons (Fsp3) is 0.635. The number of unbranched alkanes of at least 4 members (excludes halogenated alkanes) is 10.